The molecule has 0 spiro atoms. The van der Waals surface area contributed by atoms with Crippen LogP contribution >= 0.6 is 11.6 Å². The van der Waals surface area contributed by atoms with Gasteiger partial charge in [-0.3, -0.25) is 14.4 Å². The highest BCUT2D eigenvalue weighted by Gasteiger charge is 2.37. The number of fused-ring (bicyclic) bond motifs is 1. The van der Waals surface area contributed by atoms with E-state index in [9.17, 15) is 24.3 Å². The third-order valence-electron chi connectivity index (χ3n) is 6.82. The van der Waals surface area contributed by atoms with Crippen molar-refractivity contribution in [3.8, 4) is 0 Å². The number of hydrogen-bond donors (Lipinski definition) is 2. The molecule has 2 N–H and O–H groups in total. The third-order valence-corrected chi connectivity index (χ3v) is 7.05. The first-order valence-electron chi connectivity index (χ1n) is 12.7. The van der Waals surface area contributed by atoms with Crippen molar-refractivity contribution in [1.82, 2.24) is 0 Å². The standard InChI is InChI=1S/C30H29ClN2O7/c1-17-6-4-5-7-23(17)28(35)32-22-9-10-24(18(2)14-22)29(36)33-13-12-20(16-39-19(3)34)27(40-30(37)38)25-15-21(31)8-11-26(25)33/h4-11,14-15,20,27H,12-13,16H2,1-3H3,(H,32,35)(H,37,38). The molecule has 0 aliphatic carbocycles. The number of carbonyl (C=O) groups is 4. The van der Waals surface area contributed by atoms with Crippen LogP contribution in [-0.2, 0) is 14.3 Å². The lowest BCUT2D eigenvalue weighted by atomic mass is 9.94. The summed E-state index contributed by atoms with van der Waals surface area (Å²) >= 11 is 6.26. The number of nitrogens with one attached hydrogen (secondary N) is 1. The van der Waals surface area contributed by atoms with Gasteiger partial charge in [0.15, 0.2) is 0 Å². The fourth-order valence-corrected chi connectivity index (χ4v) is 5.03. The second-order valence-electron chi connectivity index (χ2n) is 9.61. The minimum atomic E-state index is -1.50. The summed E-state index contributed by atoms with van der Waals surface area (Å²) in [4.78, 5) is 51.3. The van der Waals surface area contributed by atoms with Crippen LogP contribution in [0.2, 0.25) is 5.02 Å². The molecule has 3 aromatic rings. The predicted molar refractivity (Wildman–Crippen MR) is 150 cm³/mol. The molecule has 9 nitrogen and oxygen atoms in total. The van der Waals surface area contributed by atoms with Gasteiger partial charge in [0.25, 0.3) is 11.8 Å². The van der Waals surface area contributed by atoms with Crippen molar-refractivity contribution in [2.24, 2.45) is 5.92 Å². The predicted octanol–water partition coefficient (Wildman–Crippen LogP) is 6.17. The van der Waals surface area contributed by atoms with E-state index in [1.807, 2.05) is 19.1 Å². The first-order chi connectivity index (χ1) is 19.0. The van der Waals surface area contributed by atoms with Gasteiger partial charge in [-0.1, -0.05) is 29.8 Å². The van der Waals surface area contributed by atoms with E-state index in [-0.39, 0.29) is 25.0 Å². The summed E-state index contributed by atoms with van der Waals surface area (Å²) < 4.78 is 10.4. The Hall–Kier alpha value is -4.37. The van der Waals surface area contributed by atoms with Crippen molar-refractivity contribution < 1.29 is 33.8 Å². The molecule has 208 valence electrons. The van der Waals surface area contributed by atoms with E-state index in [1.54, 1.807) is 60.4 Å². The minimum absolute atomic E-state index is 0.0877. The normalized spacial score (nSPS) is 16.4. The van der Waals surface area contributed by atoms with Crippen LogP contribution < -0.4 is 10.2 Å². The zero-order chi connectivity index (χ0) is 29.0. The minimum Gasteiger partial charge on any atom is -0.465 e. The van der Waals surface area contributed by atoms with E-state index >= 15 is 0 Å². The summed E-state index contributed by atoms with van der Waals surface area (Å²) in [7, 11) is 0. The molecule has 2 unspecified atom stereocenters. The number of benzene rings is 3. The van der Waals surface area contributed by atoms with Crippen LogP contribution in [0.4, 0.5) is 16.2 Å². The highest BCUT2D eigenvalue weighted by atomic mass is 35.5. The van der Waals surface area contributed by atoms with Crippen LogP contribution in [0, 0.1) is 19.8 Å². The molecule has 0 saturated heterocycles. The van der Waals surface area contributed by atoms with E-state index in [4.69, 9.17) is 21.1 Å². The quantitative estimate of drug-likeness (QED) is 0.343. The number of anilines is 2. The van der Waals surface area contributed by atoms with Gasteiger partial charge in [0.2, 0.25) is 0 Å². The summed E-state index contributed by atoms with van der Waals surface area (Å²) in [5.74, 6) is -1.63. The number of nitrogens with zero attached hydrogens (tertiary/aromatic N) is 1. The lowest BCUT2D eigenvalue weighted by molar-refractivity contribution is -0.143. The number of amides is 2. The Bertz CT molecular complexity index is 1470. The van der Waals surface area contributed by atoms with Gasteiger partial charge in [-0.05, 0) is 73.9 Å². The molecule has 1 aliphatic rings. The van der Waals surface area contributed by atoms with Gasteiger partial charge in [0, 0.05) is 46.8 Å². The Morgan fingerprint density at radius 2 is 1.75 bits per heavy atom. The van der Waals surface area contributed by atoms with Crippen LogP contribution in [0.1, 0.15) is 56.9 Å². The van der Waals surface area contributed by atoms with Crippen molar-refractivity contribution in [3.63, 3.8) is 0 Å². The van der Waals surface area contributed by atoms with Crippen molar-refractivity contribution in [2.45, 2.75) is 33.3 Å². The van der Waals surface area contributed by atoms with Crippen LogP contribution in [0.5, 0.6) is 0 Å². The SMILES string of the molecule is CC(=O)OCC1CCN(C(=O)c2ccc(NC(=O)c3ccccc3C)cc2C)c2ccc(Cl)cc2C1OC(=O)O. The third kappa shape index (κ3) is 6.43. The highest BCUT2D eigenvalue weighted by molar-refractivity contribution is 6.30. The van der Waals surface area contributed by atoms with Crippen molar-refractivity contribution in [3.05, 3.63) is 93.5 Å². The number of esters is 1. The molecule has 10 heteroatoms. The summed E-state index contributed by atoms with van der Waals surface area (Å²) in [6.45, 7) is 5.02. The molecule has 1 aliphatic heterocycles. The van der Waals surface area contributed by atoms with E-state index < -0.39 is 24.1 Å². The molecule has 2 atom stereocenters. The van der Waals surface area contributed by atoms with Gasteiger partial charge in [-0.25, -0.2) is 4.79 Å². The molecule has 2 amide bonds. The molecule has 0 aromatic heterocycles. The van der Waals surface area contributed by atoms with E-state index in [0.717, 1.165) is 5.56 Å². The number of ether oxygens (including phenoxy) is 2. The summed E-state index contributed by atoms with van der Waals surface area (Å²) in [5, 5.41) is 12.7. The van der Waals surface area contributed by atoms with Crippen molar-refractivity contribution in [1.29, 1.82) is 0 Å². The Labute approximate surface area is 236 Å². The highest BCUT2D eigenvalue weighted by Crippen LogP contribution is 2.41. The Morgan fingerprint density at radius 1 is 1.00 bits per heavy atom. The van der Waals surface area contributed by atoms with Crippen molar-refractivity contribution >= 4 is 46.9 Å². The zero-order valence-electron chi connectivity index (χ0n) is 22.3. The largest absolute Gasteiger partial charge is 0.506 e. The average molecular weight is 565 g/mol. The fourth-order valence-electron chi connectivity index (χ4n) is 4.85. The molecule has 1 heterocycles. The number of aryl methyl sites for hydroxylation is 2. The number of halogens is 1. The zero-order valence-corrected chi connectivity index (χ0v) is 23.0. The van der Waals surface area contributed by atoms with Crippen LogP contribution in [-0.4, -0.2) is 42.2 Å². The number of carboxylic acid groups (broad SMARTS) is 1. The number of carbonyl (C=O) groups excluding carboxylic acids is 3. The van der Waals surface area contributed by atoms with Crippen LogP contribution in [0.3, 0.4) is 0 Å². The van der Waals surface area contributed by atoms with E-state index in [0.29, 0.717) is 45.1 Å². The molecule has 40 heavy (non-hydrogen) atoms. The van der Waals surface area contributed by atoms with Gasteiger partial charge in [-0.15, -0.1) is 0 Å². The Kier molecular flexibility index (Phi) is 8.74. The van der Waals surface area contributed by atoms with Gasteiger partial charge in [0.05, 0.1) is 12.3 Å². The maximum Gasteiger partial charge on any atom is 0.506 e. The molecule has 0 bridgehead atoms. The van der Waals surface area contributed by atoms with E-state index in [2.05, 4.69) is 5.32 Å². The first kappa shape index (κ1) is 28.6. The van der Waals surface area contributed by atoms with Crippen molar-refractivity contribution in [2.75, 3.05) is 23.4 Å². The molecule has 0 radical (unpaired) electrons. The average Bonchev–Trinajstić information content (AvgIpc) is 3.03. The second kappa shape index (κ2) is 12.2. The second-order valence-corrected chi connectivity index (χ2v) is 10.1. The van der Waals surface area contributed by atoms with Crippen LogP contribution in [0.25, 0.3) is 0 Å². The molecule has 0 fully saturated rings. The number of rotatable bonds is 6. The van der Waals surface area contributed by atoms with Gasteiger partial charge < -0.3 is 24.8 Å². The first-order valence-corrected chi connectivity index (χ1v) is 13.0. The smallest absolute Gasteiger partial charge is 0.465 e. The molecule has 3 aromatic carbocycles. The lowest BCUT2D eigenvalue weighted by Crippen LogP contribution is -2.33. The number of hydrogen-bond acceptors (Lipinski definition) is 6. The molecule has 0 saturated carbocycles. The lowest BCUT2D eigenvalue weighted by Gasteiger charge is -2.25. The van der Waals surface area contributed by atoms with E-state index in [1.165, 1.54) is 6.92 Å². The fraction of sp³-hybridized carbons (Fsp3) is 0.267. The van der Waals surface area contributed by atoms with Gasteiger partial charge in [0.1, 0.15) is 6.10 Å². The summed E-state index contributed by atoms with van der Waals surface area (Å²) in [6, 6.07) is 17.1. The summed E-state index contributed by atoms with van der Waals surface area (Å²) in [6.07, 6.45) is -2.21. The molecule has 4 rings (SSSR count). The Balaban J connectivity index is 1.65. The van der Waals surface area contributed by atoms with Gasteiger partial charge >= 0.3 is 12.1 Å². The van der Waals surface area contributed by atoms with Crippen LogP contribution in [0.15, 0.2) is 60.7 Å². The topological polar surface area (TPSA) is 122 Å². The maximum absolute atomic E-state index is 13.9. The molecular weight excluding hydrogens is 536 g/mol. The van der Waals surface area contributed by atoms with Gasteiger partial charge in [-0.2, -0.15) is 0 Å². The molecular formula is C30H29ClN2O7. The monoisotopic (exact) mass is 564 g/mol. The maximum atomic E-state index is 13.9. The summed E-state index contributed by atoms with van der Waals surface area (Å²) in [5.41, 5.74) is 3.84. The Morgan fingerprint density at radius 3 is 2.42 bits per heavy atom.